The van der Waals surface area contributed by atoms with E-state index in [1.165, 1.54) is 12.8 Å². The molecular weight excluding hydrogens is 356 g/mol. The maximum absolute atomic E-state index is 12.5. The Morgan fingerprint density at radius 3 is 2.96 bits per heavy atom. The standard InChI is InChI=1S/C21H32N4O3/c1-16(21(26)23-14-17-6-5-13-27-17)25-12-8-18(15-25)28-19-7-4-9-22-20(19)24-10-2-3-11-24/h4,7,9,16-18H,2-3,5-6,8,10-15H2,1H3,(H,23,26)/t16-,17-,18+/m1/s1. The van der Waals surface area contributed by atoms with E-state index in [-0.39, 0.29) is 24.2 Å². The number of rotatable bonds is 7. The summed E-state index contributed by atoms with van der Waals surface area (Å²) in [7, 11) is 0. The topological polar surface area (TPSA) is 66.9 Å². The van der Waals surface area contributed by atoms with Crippen LogP contribution in [0.3, 0.4) is 0 Å². The van der Waals surface area contributed by atoms with Gasteiger partial charge in [-0.1, -0.05) is 0 Å². The van der Waals surface area contributed by atoms with Gasteiger partial charge in [0.15, 0.2) is 11.6 Å². The van der Waals surface area contributed by atoms with Crippen molar-refractivity contribution >= 4 is 11.7 Å². The Hall–Kier alpha value is -1.86. The molecule has 154 valence electrons. The van der Waals surface area contributed by atoms with Crippen LogP contribution in [0.4, 0.5) is 5.82 Å². The number of carbonyl (C=O) groups is 1. The fourth-order valence-corrected chi connectivity index (χ4v) is 4.36. The van der Waals surface area contributed by atoms with Crippen LogP contribution >= 0.6 is 0 Å². The molecule has 3 fully saturated rings. The average molecular weight is 389 g/mol. The molecule has 0 aromatic carbocycles. The summed E-state index contributed by atoms with van der Waals surface area (Å²) in [6, 6.07) is 3.80. The highest BCUT2D eigenvalue weighted by molar-refractivity contribution is 5.81. The van der Waals surface area contributed by atoms with E-state index in [1.54, 1.807) is 0 Å². The predicted octanol–water partition coefficient (Wildman–Crippen LogP) is 1.82. The third-order valence-electron chi connectivity index (χ3n) is 6.08. The normalized spacial score (nSPS) is 26.5. The average Bonchev–Trinajstić information content (AvgIpc) is 3.48. The van der Waals surface area contributed by atoms with Crippen molar-refractivity contribution in [1.82, 2.24) is 15.2 Å². The van der Waals surface area contributed by atoms with Crippen LogP contribution in [-0.4, -0.2) is 73.4 Å². The minimum absolute atomic E-state index is 0.0790. The predicted molar refractivity (Wildman–Crippen MR) is 108 cm³/mol. The molecule has 7 heteroatoms. The van der Waals surface area contributed by atoms with Gasteiger partial charge in [-0.15, -0.1) is 0 Å². The molecule has 3 saturated heterocycles. The lowest BCUT2D eigenvalue weighted by Crippen LogP contribution is -2.46. The molecule has 0 saturated carbocycles. The van der Waals surface area contributed by atoms with Crippen LogP contribution in [0.5, 0.6) is 5.75 Å². The molecule has 0 radical (unpaired) electrons. The third-order valence-corrected chi connectivity index (χ3v) is 6.08. The molecule has 4 heterocycles. The third kappa shape index (κ3) is 4.58. The molecular formula is C21H32N4O3. The number of nitrogens with zero attached hydrogens (tertiary/aromatic N) is 3. The van der Waals surface area contributed by atoms with Gasteiger partial charge in [-0.05, 0) is 51.2 Å². The Labute approximate surface area is 167 Å². The van der Waals surface area contributed by atoms with Crippen molar-refractivity contribution in [3.05, 3.63) is 18.3 Å². The highest BCUT2D eigenvalue weighted by atomic mass is 16.5. The molecule has 1 aromatic rings. The van der Waals surface area contributed by atoms with Crippen molar-refractivity contribution in [3.63, 3.8) is 0 Å². The highest BCUT2D eigenvalue weighted by Gasteiger charge is 2.32. The molecule has 7 nitrogen and oxygen atoms in total. The molecule has 1 amide bonds. The van der Waals surface area contributed by atoms with Crippen molar-refractivity contribution < 1.29 is 14.3 Å². The summed E-state index contributed by atoms with van der Waals surface area (Å²) >= 11 is 0. The Bertz CT molecular complexity index is 659. The second-order valence-corrected chi connectivity index (χ2v) is 8.10. The molecule has 3 atom stereocenters. The van der Waals surface area contributed by atoms with Gasteiger partial charge >= 0.3 is 0 Å². The van der Waals surface area contributed by atoms with Crippen LogP contribution in [0.1, 0.15) is 39.0 Å². The zero-order valence-corrected chi connectivity index (χ0v) is 16.8. The van der Waals surface area contributed by atoms with Crippen LogP contribution in [0.2, 0.25) is 0 Å². The van der Waals surface area contributed by atoms with Crippen molar-refractivity contribution in [1.29, 1.82) is 0 Å². The van der Waals surface area contributed by atoms with Gasteiger partial charge in [0.25, 0.3) is 0 Å². The van der Waals surface area contributed by atoms with E-state index in [9.17, 15) is 4.79 Å². The maximum Gasteiger partial charge on any atom is 0.237 e. The smallest absolute Gasteiger partial charge is 0.237 e. The number of hydrogen-bond donors (Lipinski definition) is 1. The summed E-state index contributed by atoms with van der Waals surface area (Å²) in [6.45, 7) is 7.15. The first-order valence-electron chi connectivity index (χ1n) is 10.7. The van der Waals surface area contributed by atoms with Crippen molar-refractivity contribution in [2.45, 2.75) is 57.3 Å². The summed E-state index contributed by atoms with van der Waals surface area (Å²) in [4.78, 5) is 21.6. The Morgan fingerprint density at radius 2 is 2.18 bits per heavy atom. The van der Waals surface area contributed by atoms with Gasteiger partial charge in [-0.2, -0.15) is 0 Å². The largest absolute Gasteiger partial charge is 0.485 e. The summed E-state index contributed by atoms with van der Waals surface area (Å²) in [5, 5.41) is 3.05. The van der Waals surface area contributed by atoms with Gasteiger partial charge in [0.05, 0.1) is 12.1 Å². The first-order valence-corrected chi connectivity index (χ1v) is 10.7. The van der Waals surface area contributed by atoms with Crippen LogP contribution in [-0.2, 0) is 9.53 Å². The van der Waals surface area contributed by atoms with Gasteiger partial charge in [0.1, 0.15) is 6.10 Å². The molecule has 3 aliphatic heterocycles. The van der Waals surface area contributed by atoms with Gasteiger partial charge in [0, 0.05) is 45.5 Å². The summed E-state index contributed by atoms with van der Waals surface area (Å²) < 4.78 is 11.9. The number of nitrogens with one attached hydrogen (secondary N) is 1. The van der Waals surface area contributed by atoms with E-state index >= 15 is 0 Å². The number of ether oxygens (including phenoxy) is 2. The molecule has 0 spiro atoms. The lowest BCUT2D eigenvalue weighted by atomic mass is 10.2. The van der Waals surface area contributed by atoms with E-state index in [0.717, 1.165) is 63.6 Å². The van der Waals surface area contributed by atoms with E-state index in [2.05, 4.69) is 20.1 Å². The van der Waals surface area contributed by atoms with Crippen LogP contribution in [0.25, 0.3) is 0 Å². The van der Waals surface area contributed by atoms with Gasteiger partial charge in [-0.25, -0.2) is 4.98 Å². The number of likely N-dealkylation sites (tertiary alicyclic amines) is 1. The first-order chi connectivity index (χ1) is 13.7. The molecule has 3 aliphatic rings. The number of anilines is 1. The lowest BCUT2D eigenvalue weighted by Gasteiger charge is -2.25. The minimum Gasteiger partial charge on any atom is -0.485 e. The quantitative estimate of drug-likeness (QED) is 0.769. The van der Waals surface area contributed by atoms with E-state index in [4.69, 9.17) is 9.47 Å². The molecule has 0 aliphatic carbocycles. The number of carbonyl (C=O) groups excluding carboxylic acids is 1. The second-order valence-electron chi connectivity index (χ2n) is 8.10. The van der Waals surface area contributed by atoms with E-state index < -0.39 is 0 Å². The molecule has 0 unspecified atom stereocenters. The molecule has 28 heavy (non-hydrogen) atoms. The van der Waals surface area contributed by atoms with Gasteiger partial charge < -0.3 is 19.7 Å². The Morgan fingerprint density at radius 1 is 1.32 bits per heavy atom. The molecule has 1 N–H and O–H groups in total. The number of aromatic nitrogens is 1. The fraction of sp³-hybridized carbons (Fsp3) is 0.714. The van der Waals surface area contributed by atoms with Gasteiger partial charge in [0.2, 0.25) is 5.91 Å². The van der Waals surface area contributed by atoms with E-state index in [0.29, 0.717) is 6.54 Å². The summed E-state index contributed by atoms with van der Waals surface area (Å²) in [6.07, 6.45) is 7.60. The monoisotopic (exact) mass is 388 g/mol. The van der Waals surface area contributed by atoms with E-state index in [1.807, 2.05) is 25.3 Å². The number of hydrogen-bond acceptors (Lipinski definition) is 6. The fourth-order valence-electron chi connectivity index (χ4n) is 4.36. The Kier molecular flexibility index (Phi) is 6.32. The molecule has 4 rings (SSSR count). The molecule has 0 bridgehead atoms. The number of pyridine rings is 1. The SMILES string of the molecule is C[C@H](C(=O)NC[C@H]1CCCO1)N1CC[C@H](Oc2cccnc2N2CCCC2)C1. The summed E-state index contributed by atoms with van der Waals surface area (Å²) in [5.41, 5.74) is 0. The molecule has 1 aromatic heterocycles. The van der Waals surface area contributed by atoms with Crippen LogP contribution in [0.15, 0.2) is 18.3 Å². The van der Waals surface area contributed by atoms with Crippen molar-refractivity contribution in [2.24, 2.45) is 0 Å². The lowest BCUT2D eigenvalue weighted by molar-refractivity contribution is -0.126. The maximum atomic E-state index is 12.5. The number of amides is 1. The Balaban J connectivity index is 1.28. The van der Waals surface area contributed by atoms with Crippen LogP contribution in [0, 0.1) is 0 Å². The zero-order valence-electron chi connectivity index (χ0n) is 16.8. The second kappa shape index (κ2) is 9.09. The van der Waals surface area contributed by atoms with Gasteiger partial charge in [-0.3, -0.25) is 9.69 Å². The van der Waals surface area contributed by atoms with Crippen LogP contribution < -0.4 is 15.0 Å². The summed E-state index contributed by atoms with van der Waals surface area (Å²) in [5.74, 6) is 1.91. The minimum atomic E-state index is -0.151. The highest BCUT2D eigenvalue weighted by Crippen LogP contribution is 2.30. The van der Waals surface area contributed by atoms with Crippen molar-refractivity contribution in [3.8, 4) is 5.75 Å². The first kappa shape index (κ1) is 19.5. The van der Waals surface area contributed by atoms with Crippen molar-refractivity contribution in [2.75, 3.05) is 44.2 Å². The zero-order chi connectivity index (χ0) is 19.3.